The lowest BCUT2D eigenvalue weighted by atomic mass is 10.3. The van der Waals surface area contributed by atoms with E-state index in [0.29, 0.717) is 5.69 Å². The topological polar surface area (TPSA) is 55.6 Å². The molecule has 0 saturated heterocycles. The highest BCUT2D eigenvalue weighted by Gasteiger charge is 1.98. The summed E-state index contributed by atoms with van der Waals surface area (Å²) in [7, 11) is -0.465. The Morgan fingerprint density at radius 2 is 2.00 bits per heavy atom. The van der Waals surface area contributed by atoms with E-state index in [1.54, 1.807) is 24.3 Å². The van der Waals surface area contributed by atoms with Crippen LogP contribution in [0.4, 0.5) is 5.69 Å². The first-order valence-corrected chi connectivity index (χ1v) is 3.67. The smallest absolute Gasteiger partial charge is 0.238 e. The Kier molecular flexibility index (Phi) is 2.98. The van der Waals surface area contributed by atoms with Crippen molar-refractivity contribution in [3.8, 4) is 0 Å². The molecule has 0 unspecified atom stereocenters. The number of hydrogen-bond donors (Lipinski definition) is 1. The van der Waals surface area contributed by atoms with E-state index < -0.39 is 8.69 Å². The first-order chi connectivity index (χ1) is 5.34. The quantitative estimate of drug-likeness (QED) is 0.424. The SMILES string of the molecule is NN(OP=O)c1ccccc1. The molecule has 0 fully saturated rings. The Bertz CT molecular complexity index is 229. The van der Waals surface area contributed by atoms with Gasteiger partial charge in [-0.05, 0) is 12.1 Å². The van der Waals surface area contributed by atoms with Gasteiger partial charge in [-0.3, -0.25) is 0 Å². The summed E-state index contributed by atoms with van der Waals surface area (Å²) in [6.45, 7) is 0. The fraction of sp³-hybridized carbons (Fsp3) is 0. The van der Waals surface area contributed by atoms with E-state index in [4.69, 9.17) is 5.84 Å². The lowest BCUT2D eigenvalue weighted by Crippen LogP contribution is -2.27. The number of rotatable bonds is 3. The summed E-state index contributed by atoms with van der Waals surface area (Å²) >= 11 is 0. The minimum atomic E-state index is -0.465. The summed E-state index contributed by atoms with van der Waals surface area (Å²) in [5.74, 6) is 5.31. The molecule has 58 valence electrons. The van der Waals surface area contributed by atoms with Crippen molar-refractivity contribution in [1.82, 2.24) is 0 Å². The summed E-state index contributed by atoms with van der Waals surface area (Å²) < 4.78 is 14.4. The molecular weight excluding hydrogens is 163 g/mol. The van der Waals surface area contributed by atoms with Gasteiger partial charge in [0.05, 0.1) is 5.69 Å². The molecule has 0 heterocycles. The number of para-hydroxylation sites is 1. The number of anilines is 1. The molecule has 5 heteroatoms. The number of nitrogens with zero attached hydrogens (tertiary/aromatic N) is 1. The predicted molar refractivity (Wildman–Crippen MR) is 41.8 cm³/mol. The highest BCUT2D eigenvalue weighted by Crippen LogP contribution is 2.12. The van der Waals surface area contributed by atoms with Gasteiger partial charge >= 0.3 is 8.69 Å². The second kappa shape index (κ2) is 4.03. The van der Waals surface area contributed by atoms with Crippen LogP contribution >= 0.6 is 8.69 Å². The lowest BCUT2D eigenvalue weighted by molar-refractivity contribution is 0.308. The maximum atomic E-state index is 9.94. The molecule has 0 atom stereocenters. The number of benzene rings is 1. The van der Waals surface area contributed by atoms with Gasteiger partial charge in [-0.25, -0.2) is 10.4 Å². The zero-order chi connectivity index (χ0) is 8.10. The number of hydrogen-bond acceptors (Lipinski definition) is 4. The minimum absolute atomic E-state index is 0.465. The molecule has 0 aliphatic rings. The molecule has 0 spiro atoms. The highest BCUT2D eigenvalue weighted by atomic mass is 31.1. The van der Waals surface area contributed by atoms with Crippen molar-refractivity contribution in [2.45, 2.75) is 0 Å². The van der Waals surface area contributed by atoms with E-state index in [0.717, 1.165) is 5.17 Å². The molecule has 0 amide bonds. The van der Waals surface area contributed by atoms with Crippen LogP contribution in [0.3, 0.4) is 0 Å². The van der Waals surface area contributed by atoms with Crippen molar-refractivity contribution in [3.05, 3.63) is 30.3 Å². The van der Waals surface area contributed by atoms with Crippen molar-refractivity contribution < 1.29 is 9.19 Å². The zero-order valence-electron chi connectivity index (χ0n) is 5.68. The molecule has 0 aromatic heterocycles. The zero-order valence-corrected chi connectivity index (χ0v) is 6.57. The van der Waals surface area contributed by atoms with E-state index in [1.807, 2.05) is 6.07 Å². The standard InChI is InChI=1S/C6H7N2O2P/c7-8(10-11-9)6-4-2-1-3-5-6/h1-5H,7H2. The molecular formula is C6H7N2O2P. The summed E-state index contributed by atoms with van der Waals surface area (Å²) in [6.07, 6.45) is 0. The van der Waals surface area contributed by atoms with Crippen molar-refractivity contribution in [3.63, 3.8) is 0 Å². The Labute approximate surface area is 65.8 Å². The van der Waals surface area contributed by atoms with Crippen LogP contribution in [0.15, 0.2) is 30.3 Å². The van der Waals surface area contributed by atoms with Gasteiger partial charge in [-0.2, -0.15) is 9.80 Å². The Balaban J connectivity index is 2.68. The highest BCUT2D eigenvalue weighted by molar-refractivity contribution is 7.17. The van der Waals surface area contributed by atoms with Crippen LogP contribution in [-0.2, 0) is 9.19 Å². The largest absolute Gasteiger partial charge is 0.353 e. The van der Waals surface area contributed by atoms with Crippen LogP contribution < -0.4 is 11.0 Å². The van der Waals surface area contributed by atoms with E-state index >= 15 is 0 Å². The maximum absolute atomic E-state index is 9.94. The van der Waals surface area contributed by atoms with Crippen LogP contribution in [-0.4, -0.2) is 0 Å². The van der Waals surface area contributed by atoms with Crippen LogP contribution in [0.2, 0.25) is 0 Å². The van der Waals surface area contributed by atoms with Crippen LogP contribution in [0.25, 0.3) is 0 Å². The van der Waals surface area contributed by atoms with Gasteiger partial charge in [-0.15, -0.1) is 0 Å². The van der Waals surface area contributed by atoms with Gasteiger partial charge in [0, 0.05) is 0 Å². The number of nitrogens with two attached hydrogens (primary N) is 1. The van der Waals surface area contributed by atoms with E-state index in [1.165, 1.54) is 0 Å². The summed E-state index contributed by atoms with van der Waals surface area (Å²) in [6, 6.07) is 8.95. The second-order valence-corrected chi connectivity index (χ2v) is 2.13. The monoisotopic (exact) mass is 170 g/mol. The van der Waals surface area contributed by atoms with Crippen LogP contribution in [0.1, 0.15) is 0 Å². The van der Waals surface area contributed by atoms with Gasteiger partial charge < -0.3 is 0 Å². The number of hydrazine groups is 1. The molecule has 1 rings (SSSR count). The first kappa shape index (κ1) is 8.14. The Morgan fingerprint density at radius 3 is 2.55 bits per heavy atom. The molecule has 0 bridgehead atoms. The molecule has 0 aliphatic heterocycles. The molecule has 0 saturated carbocycles. The van der Waals surface area contributed by atoms with E-state index in [2.05, 4.69) is 4.62 Å². The van der Waals surface area contributed by atoms with Crippen molar-refractivity contribution >= 4 is 14.4 Å². The van der Waals surface area contributed by atoms with Gasteiger partial charge in [0.15, 0.2) is 0 Å². The van der Waals surface area contributed by atoms with Crippen LogP contribution in [0, 0.1) is 0 Å². The second-order valence-electron chi connectivity index (χ2n) is 1.82. The molecule has 11 heavy (non-hydrogen) atoms. The van der Waals surface area contributed by atoms with Gasteiger partial charge in [0.1, 0.15) is 0 Å². The van der Waals surface area contributed by atoms with Crippen molar-refractivity contribution in [2.75, 3.05) is 5.17 Å². The van der Waals surface area contributed by atoms with E-state index in [9.17, 15) is 4.57 Å². The summed E-state index contributed by atoms with van der Waals surface area (Å²) in [5.41, 5.74) is 0.649. The third kappa shape index (κ3) is 2.27. The van der Waals surface area contributed by atoms with Gasteiger partial charge in [-0.1, -0.05) is 18.2 Å². The first-order valence-electron chi connectivity index (χ1n) is 2.94. The normalized spacial score (nSPS) is 9.91. The van der Waals surface area contributed by atoms with E-state index in [-0.39, 0.29) is 0 Å². The third-order valence-electron chi connectivity index (χ3n) is 1.13. The lowest BCUT2D eigenvalue weighted by Gasteiger charge is -2.11. The van der Waals surface area contributed by atoms with Crippen molar-refractivity contribution in [1.29, 1.82) is 0 Å². The minimum Gasteiger partial charge on any atom is -0.238 e. The van der Waals surface area contributed by atoms with Gasteiger partial charge in [0.25, 0.3) is 0 Å². The third-order valence-corrected chi connectivity index (χ3v) is 1.37. The average Bonchev–Trinajstić information content (AvgIpc) is 2.07. The molecule has 1 aromatic carbocycles. The summed E-state index contributed by atoms with van der Waals surface area (Å²) in [5, 5.41) is 0.939. The van der Waals surface area contributed by atoms with Crippen molar-refractivity contribution in [2.24, 2.45) is 5.84 Å². The average molecular weight is 170 g/mol. The van der Waals surface area contributed by atoms with Gasteiger partial charge in [0.2, 0.25) is 0 Å². The fourth-order valence-electron chi connectivity index (χ4n) is 0.658. The molecule has 4 nitrogen and oxygen atoms in total. The molecule has 0 radical (unpaired) electrons. The van der Waals surface area contributed by atoms with Crippen LogP contribution in [0.5, 0.6) is 0 Å². The summed E-state index contributed by atoms with van der Waals surface area (Å²) in [4.78, 5) is 0. The predicted octanol–water partition coefficient (Wildman–Crippen LogP) is 1.50. The molecule has 2 N–H and O–H groups in total. The Morgan fingerprint density at radius 1 is 1.36 bits per heavy atom. The Hall–Kier alpha value is -0.960. The molecule has 1 aromatic rings. The molecule has 0 aliphatic carbocycles. The maximum Gasteiger partial charge on any atom is 0.353 e. The fourth-order valence-corrected chi connectivity index (χ4v) is 0.824.